The van der Waals surface area contributed by atoms with Gasteiger partial charge in [-0.2, -0.15) is 5.10 Å². The number of carbonyl (C=O) groups excluding carboxylic acids is 1. The Balaban J connectivity index is 2.23. The molecule has 0 aliphatic carbocycles. The maximum atomic E-state index is 11.9. The molecule has 0 bridgehead atoms. The summed E-state index contributed by atoms with van der Waals surface area (Å²) in [5.41, 5.74) is 2.79. The number of hydrazone groups is 1. The molecule has 1 aromatic heterocycles. The molecule has 9 heteroatoms. The number of ether oxygens (including phenoxy) is 2. The molecule has 0 saturated carbocycles. The fraction of sp³-hybridized carbons (Fsp3) is 0.133. The Labute approximate surface area is 137 Å². The molecule has 0 radical (unpaired) electrons. The van der Waals surface area contributed by atoms with Gasteiger partial charge in [-0.3, -0.25) is 19.9 Å². The summed E-state index contributed by atoms with van der Waals surface area (Å²) >= 11 is 0. The lowest BCUT2D eigenvalue weighted by Gasteiger charge is -2.08. The topological polar surface area (TPSA) is 116 Å². The van der Waals surface area contributed by atoms with Crippen molar-refractivity contribution in [3.8, 4) is 11.5 Å². The van der Waals surface area contributed by atoms with E-state index in [1.807, 2.05) is 0 Å². The number of nitrogens with zero attached hydrogens (tertiary/aromatic N) is 3. The van der Waals surface area contributed by atoms with Crippen molar-refractivity contribution in [3.63, 3.8) is 0 Å². The molecule has 1 heterocycles. The molecule has 0 spiro atoms. The number of hydrogen-bond donors (Lipinski definition) is 1. The lowest BCUT2D eigenvalue weighted by atomic mass is 10.1. The highest BCUT2D eigenvalue weighted by Gasteiger charge is 2.18. The Morgan fingerprint density at radius 3 is 2.50 bits per heavy atom. The van der Waals surface area contributed by atoms with E-state index in [0.717, 1.165) is 0 Å². The second-order valence-electron chi connectivity index (χ2n) is 4.46. The fourth-order valence-corrected chi connectivity index (χ4v) is 1.88. The van der Waals surface area contributed by atoms with Gasteiger partial charge in [-0.15, -0.1) is 0 Å². The number of amides is 1. The molecule has 0 atom stereocenters. The molecule has 1 aromatic carbocycles. The second-order valence-corrected chi connectivity index (χ2v) is 4.46. The predicted octanol–water partition coefficient (Wildman–Crippen LogP) is 1.77. The monoisotopic (exact) mass is 330 g/mol. The Kier molecular flexibility index (Phi) is 5.40. The van der Waals surface area contributed by atoms with E-state index >= 15 is 0 Å². The number of methoxy groups -OCH3 is 2. The second kappa shape index (κ2) is 7.68. The van der Waals surface area contributed by atoms with Crippen LogP contribution in [0.25, 0.3) is 0 Å². The van der Waals surface area contributed by atoms with E-state index in [1.54, 1.807) is 0 Å². The molecular formula is C15H14N4O5. The highest BCUT2D eigenvalue weighted by Crippen LogP contribution is 2.33. The number of nitro benzene ring substituents is 1. The smallest absolute Gasteiger partial charge is 0.311 e. The number of carbonyl (C=O) groups is 1. The third kappa shape index (κ3) is 3.83. The standard InChI is InChI=1S/C15H14N4O5/c1-23-13-8-14(24-2)12(19(21)22)7-11(13)9-17-18-15(20)10-3-5-16-6-4-10/h3-9H,1-2H3,(H,18,20)/b17-9+. The van der Waals surface area contributed by atoms with Crippen LogP contribution < -0.4 is 14.9 Å². The van der Waals surface area contributed by atoms with Gasteiger partial charge in [-0.25, -0.2) is 5.43 Å². The van der Waals surface area contributed by atoms with Gasteiger partial charge >= 0.3 is 5.69 Å². The molecule has 0 fully saturated rings. The first-order valence-corrected chi connectivity index (χ1v) is 6.70. The van der Waals surface area contributed by atoms with E-state index in [-0.39, 0.29) is 11.4 Å². The van der Waals surface area contributed by atoms with Crippen molar-refractivity contribution < 1.29 is 19.2 Å². The number of aromatic nitrogens is 1. The predicted molar refractivity (Wildman–Crippen MR) is 85.5 cm³/mol. The third-order valence-electron chi connectivity index (χ3n) is 3.04. The SMILES string of the molecule is COc1cc(OC)c([N+](=O)[O-])cc1/C=N/NC(=O)c1ccncc1. The van der Waals surface area contributed by atoms with Crippen molar-refractivity contribution in [1.29, 1.82) is 0 Å². The average molecular weight is 330 g/mol. The molecule has 1 amide bonds. The summed E-state index contributed by atoms with van der Waals surface area (Å²) in [6.45, 7) is 0. The van der Waals surface area contributed by atoms with E-state index in [9.17, 15) is 14.9 Å². The number of nitrogens with one attached hydrogen (secondary N) is 1. The number of pyridine rings is 1. The minimum Gasteiger partial charge on any atom is -0.496 e. The number of rotatable bonds is 6. The van der Waals surface area contributed by atoms with Crippen LogP contribution in [-0.4, -0.2) is 36.2 Å². The van der Waals surface area contributed by atoms with Crippen LogP contribution in [0.2, 0.25) is 0 Å². The summed E-state index contributed by atoms with van der Waals surface area (Å²) in [4.78, 5) is 26.1. The van der Waals surface area contributed by atoms with Crippen molar-refractivity contribution in [1.82, 2.24) is 10.4 Å². The van der Waals surface area contributed by atoms with E-state index in [1.165, 1.54) is 57.1 Å². The van der Waals surface area contributed by atoms with Gasteiger partial charge in [0.15, 0.2) is 0 Å². The van der Waals surface area contributed by atoms with Gasteiger partial charge in [0.2, 0.25) is 5.75 Å². The molecule has 2 rings (SSSR count). The summed E-state index contributed by atoms with van der Waals surface area (Å²) in [5.74, 6) is -0.0511. The highest BCUT2D eigenvalue weighted by atomic mass is 16.6. The summed E-state index contributed by atoms with van der Waals surface area (Å²) in [7, 11) is 2.73. The Hall–Kier alpha value is -3.49. The molecule has 0 aliphatic heterocycles. The zero-order chi connectivity index (χ0) is 17.5. The van der Waals surface area contributed by atoms with Gasteiger partial charge in [-0.05, 0) is 12.1 Å². The molecular weight excluding hydrogens is 316 g/mol. The minimum absolute atomic E-state index is 0.0646. The molecule has 1 N–H and O–H groups in total. The fourth-order valence-electron chi connectivity index (χ4n) is 1.88. The third-order valence-corrected chi connectivity index (χ3v) is 3.04. The molecule has 0 saturated heterocycles. The Bertz CT molecular complexity index is 777. The van der Waals surface area contributed by atoms with Gasteiger partial charge in [0.25, 0.3) is 5.91 Å². The van der Waals surface area contributed by atoms with Crippen LogP contribution in [0.1, 0.15) is 15.9 Å². The molecule has 0 aliphatic rings. The Morgan fingerprint density at radius 1 is 1.25 bits per heavy atom. The van der Waals surface area contributed by atoms with Gasteiger partial charge in [0.05, 0.1) is 25.4 Å². The largest absolute Gasteiger partial charge is 0.496 e. The van der Waals surface area contributed by atoms with Gasteiger partial charge in [0, 0.05) is 35.7 Å². The lowest BCUT2D eigenvalue weighted by Crippen LogP contribution is -2.17. The van der Waals surface area contributed by atoms with Crippen LogP contribution in [0.5, 0.6) is 11.5 Å². The minimum atomic E-state index is -0.578. The zero-order valence-electron chi connectivity index (χ0n) is 12.9. The van der Waals surface area contributed by atoms with Crippen LogP contribution in [-0.2, 0) is 0 Å². The highest BCUT2D eigenvalue weighted by molar-refractivity contribution is 5.95. The van der Waals surface area contributed by atoms with E-state index in [2.05, 4.69) is 15.5 Å². The van der Waals surface area contributed by atoms with Gasteiger partial charge < -0.3 is 9.47 Å². The number of nitro groups is 1. The van der Waals surface area contributed by atoms with Crippen molar-refractivity contribution >= 4 is 17.8 Å². The van der Waals surface area contributed by atoms with E-state index in [4.69, 9.17) is 9.47 Å². The van der Waals surface area contributed by atoms with E-state index in [0.29, 0.717) is 16.9 Å². The molecule has 0 unspecified atom stereocenters. The number of benzene rings is 1. The molecule has 124 valence electrons. The van der Waals surface area contributed by atoms with Crippen molar-refractivity contribution in [2.75, 3.05) is 14.2 Å². The van der Waals surface area contributed by atoms with Crippen LogP contribution in [0.15, 0.2) is 41.8 Å². The van der Waals surface area contributed by atoms with Gasteiger partial charge in [0.1, 0.15) is 5.75 Å². The van der Waals surface area contributed by atoms with Crippen LogP contribution in [0.3, 0.4) is 0 Å². The molecule has 2 aromatic rings. The van der Waals surface area contributed by atoms with Crippen LogP contribution in [0.4, 0.5) is 5.69 Å². The molecule has 24 heavy (non-hydrogen) atoms. The van der Waals surface area contributed by atoms with Crippen LogP contribution >= 0.6 is 0 Å². The van der Waals surface area contributed by atoms with Crippen molar-refractivity contribution in [2.45, 2.75) is 0 Å². The van der Waals surface area contributed by atoms with Crippen molar-refractivity contribution in [2.24, 2.45) is 5.10 Å². The maximum Gasteiger partial charge on any atom is 0.311 e. The van der Waals surface area contributed by atoms with E-state index < -0.39 is 10.8 Å². The van der Waals surface area contributed by atoms with Crippen LogP contribution in [0, 0.1) is 10.1 Å². The average Bonchev–Trinajstić information content (AvgIpc) is 2.61. The quantitative estimate of drug-likeness (QED) is 0.490. The summed E-state index contributed by atoms with van der Waals surface area (Å²) < 4.78 is 10.1. The Morgan fingerprint density at radius 2 is 1.92 bits per heavy atom. The first-order chi connectivity index (χ1) is 11.6. The maximum absolute atomic E-state index is 11.9. The summed E-state index contributed by atoms with van der Waals surface area (Å²) in [6, 6.07) is 5.69. The summed E-state index contributed by atoms with van der Waals surface area (Å²) in [6.07, 6.45) is 4.22. The normalized spacial score (nSPS) is 10.4. The van der Waals surface area contributed by atoms with Gasteiger partial charge in [-0.1, -0.05) is 0 Å². The number of hydrogen-bond acceptors (Lipinski definition) is 7. The first kappa shape index (κ1) is 16.9. The first-order valence-electron chi connectivity index (χ1n) is 6.70. The lowest BCUT2D eigenvalue weighted by molar-refractivity contribution is -0.385. The van der Waals surface area contributed by atoms with Crippen molar-refractivity contribution in [3.05, 3.63) is 57.9 Å². The zero-order valence-corrected chi connectivity index (χ0v) is 12.9. The molecule has 9 nitrogen and oxygen atoms in total. The summed E-state index contributed by atoms with van der Waals surface area (Å²) in [5, 5.41) is 14.9.